The van der Waals surface area contributed by atoms with E-state index in [1.165, 1.54) is 12.3 Å². The van der Waals surface area contributed by atoms with Crippen molar-refractivity contribution in [3.63, 3.8) is 0 Å². The lowest BCUT2D eigenvalue weighted by Crippen LogP contribution is -2.15. The van der Waals surface area contributed by atoms with Gasteiger partial charge in [0.2, 0.25) is 11.9 Å². The molecule has 0 saturated heterocycles. The topological polar surface area (TPSA) is 127 Å². The second kappa shape index (κ2) is 13.1. The van der Waals surface area contributed by atoms with Crippen LogP contribution in [0, 0.1) is 0 Å². The quantitative estimate of drug-likeness (QED) is 0.225. The van der Waals surface area contributed by atoms with Crippen LogP contribution in [0.25, 0.3) is 11.3 Å². The number of carbonyl (C=O) groups excluding carboxylic acids is 2. The van der Waals surface area contributed by atoms with Crippen LogP contribution in [-0.2, 0) is 16.1 Å². The van der Waals surface area contributed by atoms with Gasteiger partial charge in [-0.1, -0.05) is 30.9 Å². The molecule has 2 aromatic heterocycles. The highest BCUT2D eigenvalue weighted by atomic mass is 16.5. The fraction of sp³-hybridized carbons (Fsp3) is 0.129. The molecule has 3 heterocycles. The Morgan fingerprint density at radius 3 is 2.76 bits per heavy atom. The molecule has 0 saturated carbocycles. The zero-order valence-electron chi connectivity index (χ0n) is 22.2. The third-order valence-corrected chi connectivity index (χ3v) is 5.94. The molecule has 2 amide bonds. The Labute approximate surface area is 237 Å². The number of ether oxygens (including phenoxy) is 2. The van der Waals surface area contributed by atoms with Gasteiger partial charge in [0.1, 0.15) is 11.4 Å². The van der Waals surface area contributed by atoms with Gasteiger partial charge < -0.3 is 25.4 Å². The number of nitrogens with one attached hydrogen (secondary N) is 3. The minimum atomic E-state index is -0.409. The van der Waals surface area contributed by atoms with E-state index in [1.54, 1.807) is 18.3 Å². The number of rotatable bonds is 4. The smallest absolute Gasteiger partial charge is 0.274 e. The molecule has 0 fully saturated rings. The van der Waals surface area contributed by atoms with Crippen LogP contribution in [-0.4, -0.2) is 40.0 Å². The molecule has 6 bridgehead atoms. The zero-order chi connectivity index (χ0) is 28.4. The summed E-state index contributed by atoms with van der Waals surface area (Å²) >= 11 is 0. The number of carbonyl (C=O) groups is 2. The van der Waals surface area contributed by atoms with Crippen molar-refractivity contribution in [1.82, 2.24) is 15.0 Å². The van der Waals surface area contributed by atoms with E-state index in [0.29, 0.717) is 42.8 Å². The van der Waals surface area contributed by atoms with Crippen LogP contribution in [0.3, 0.4) is 0 Å². The lowest BCUT2D eigenvalue weighted by molar-refractivity contribution is -0.111. The average molecular weight is 549 g/mol. The highest BCUT2D eigenvalue weighted by molar-refractivity contribution is 6.03. The van der Waals surface area contributed by atoms with Gasteiger partial charge in [0, 0.05) is 23.1 Å². The van der Waals surface area contributed by atoms with Crippen LogP contribution in [0.2, 0.25) is 0 Å². The Hall–Kier alpha value is -5.35. The predicted octanol–water partition coefficient (Wildman–Crippen LogP) is 5.51. The first kappa shape index (κ1) is 27.2. The summed E-state index contributed by atoms with van der Waals surface area (Å²) in [5.41, 5.74) is 4.33. The molecular weight excluding hydrogens is 520 g/mol. The first-order valence-electron chi connectivity index (χ1n) is 13.0. The monoisotopic (exact) mass is 548 g/mol. The van der Waals surface area contributed by atoms with Gasteiger partial charge in [-0.15, -0.1) is 0 Å². The summed E-state index contributed by atoms with van der Waals surface area (Å²) in [6, 6.07) is 18.3. The van der Waals surface area contributed by atoms with Crippen LogP contribution in [0.15, 0.2) is 97.9 Å². The number of fused-ring (bicyclic) bond motifs is 7. The van der Waals surface area contributed by atoms with Crippen LogP contribution < -0.4 is 20.7 Å². The van der Waals surface area contributed by atoms with E-state index in [0.717, 1.165) is 35.1 Å². The lowest BCUT2D eigenvalue weighted by atomic mass is 10.1. The lowest BCUT2D eigenvalue weighted by Gasteiger charge is -2.13. The molecule has 0 aliphatic carbocycles. The summed E-state index contributed by atoms with van der Waals surface area (Å²) in [7, 11) is 0. The van der Waals surface area contributed by atoms with Gasteiger partial charge in [0.25, 0.3) is 5.91 Å². The number of nitrogens with zero attached hydrogens (tertiary/aromatic N) is 3. The number of pyridine rings is 1. The fourth-order valence-corrected chi connectivity index (χ4v) is 4.04. The number of amides is 2. The van der Waals surface area contributed by atoms with Crippen molar-refractivity contribution in [3.8, 4) is 17.0 Å². The van der Waals surface area contributed by atoms with Crippen molar-refractivity contribution in [2.75, 3.05) is 29.2 Å². The Morgan fingerprint density at radius 1 is 0.976 bits per heavy atom. The highest BCUT2D eigenvalue weighted by Crippen LogP contribution is 2.26. The molecule has 41 heavy (non-hydrogen) atoms. The van der Waals surface area contributed by atoms with E-state index >= 15 is 0 Å². The second-order valence-electron chi connectivity index (χ2n) is 9.04. The number of hydrogen-bond donors (Lipinski definition) is 3. The van der Waals surface area contributed by atoms with Gasteiger partial charge in [-0.3, -0.25) is 9.59 Å². The Morgan fingerprint density at radius 2 is 1.90 bits per heavy atom. The van der Waals surface area contributed by atoms with E-state index in [-0.39, 0.29) is 11.6 Å². The van der Waals surface area contributed by atoms with Crippen molar-refractivity contribution in [1.29, 1.82) is 0 Å². The zero-order valence-corrected chi connectivity index (χ0v) is 22.2. The molecule has 0 spiro atoms. The SMILES string of the molecule is C=CC(=O)Nc1ccc(C(=O)Nc2cc3cc(c2)Nc2nccc(n2)-c2cccc(c2)OCC/C=C/COC3)nc1. The van der Waals surface area contributed by atoms with Crippen LogP contribution >= 0.6 is 0 Å². The third kappa shape index (κ3) is 7.61. The predicted molar refractivity (Wildman–Crippen MR) is 157 cm³/mol. The molecule has 0 atom stereocenters. The van der Waals surface area contributed by atoms with Crippen molar-refractivity contribution in [2.45, 2.75) is 13.0 Å². The van der Waals surface area contributed by atoms with E-state index in [4.69, 9.17) is 9.47 Å². The van der Waals surface area contributed by atoms with E-state index < -0.39 is 5.91 Å². The number of hydrogen-bond acceptors (Lipinski definition) is 8. The molecule has 0 radical (unpaired) electrons. The van der Waals surface area contributed by atoms with Crippen molar-refractivity contribution in [2.24, 2.45) is 0 Å². The van der Waals surface area contributed by atoms with Gasteiger partial charge in [-0.25, -0.2) is 15.0 Å². The van der Waals surface area contributed by atoms with Crippen molar-refractivity contribution >= 4 is 34.8 Å². The number of anilines is 4. The van der Waals surface area contributed by atoms with Gasteiger partial charge in [-0.2, -0.15) is 0 Å². The standard InChI is InChI=1S/C31H28N6O4/c1-2-29(38)34-23-9-10-28(33-19-23)30(39)35-24-15-21-16-25(18-24)36-31-32-12-11-27(37-31)22-7-6-8-26(17-22)41-14-5-3-4-13-40-20-21/h2-4,6-12,15-19H,1,5,13-14,20H2,(H,34,38)(H,35,39)(H,32,36,37)/b4-3+. The van der Waals surface area contributed by atoms with Gasteiger partial charge in [-0.05, 0) is 66.6 Å². The summed E-state index contributed by atoms with van der Waals surface area (Å²) in [6.07, 6.45) is 8.98. The van der Waals surface area contributed by atoms with Crippen LogP contribution in [0.4, 0.5) is 23.0 Å². The molecule has 206 valence electrons. The van der Waals surface area contributed by atoms with E-state index in [1.807, 2.05) is 54.6 Å². The highest BCUT2D eigenvalue weighted by Gasteiger charge is 2.12. The van der Waals surface area contributed by atoms with Gasteiger partial charge >= 0.3 is 0 Å². The molecule has 10 nitrogen and oxygen atoms in total. The molecule has 1 aliphatic heterocycles. The van der Waals surface area contributed by atoms with Crippen molar-refractivity contribution in [3.05, 3.63) is 109 Å². The van der Waals surface area contributed by atoms with E-state index in [9.17, 15) is 9.59 Å². The fourth-order valence-electron chi connectivity index (χ4n) is 4.04. The summed E-state index contributed by atoms with van der Waals surface area (Å²) < 4.78 is 11.7. The molecule has 3 N–H and O–H groups in total. The molecule has 4 aromatic rings. The van der Waals surface area contributed by atoms with Crippen LogP contribution in [0.5, 0.6) is 5.75 Å². The summed E-state index contributed by atoms with van der Waals surface area (Å²) in [4.78, 5) is 37.7. The normalized spacial score (nSPS) is 13.8. The Balaban J connectivity index is 1.40. The second-order valence-corrected chi connectivity index (χ2v) is 9.04. The number of benzene rings is 2. The summed E-state index contributed by atoms with van der Waals surface area (Å²) in [5.74, 6) is 0.388. The average Bonchev–Trinajstić information content (AvgIpc) is 2.98. The largest absolute Gasteiger partial charge is 0.493 e. The minimum absolute atomic E-state index is 0.187. The van der Waals surface area contributed by atoms with Crippen molar-refractivity contribution < 1.29 is 19.1 Å². The molecule has 1 aliphatic rings. The summed E-state index contributed by atoms with van der Waals surface area (Å²) in [6.45, 7) is 4.71. The maximum atomic E-state index is 13.0. The van der Waals surface area contributed by atoms with E-state index in [2.05, 4.69) is 37.5 Å². The molecule has 2 aromatic carbocycles. The van der Waals surface area contributed by atoms with Gasteiger partial charge in [0.05, 0.1) is 37.4 Å². The molecule has 0 unspecified atom stereocenters. The Kier molecular flexibility index (Phi) is 8.72. The third-order valence-electron chi connectivity index (χ3n) is 5.94. The first-order chi connectivity index (χ1) is 20.1. The number of aromatic nitrogens is 3. The molecular formula is C31H28N6O4. The van der Waals surface area contributed by atoms with Crippen LogP contribution in [0.1, 0.15) is 22.5 Å². The maximum absolute atomic E-state index is 13.0. The molecule has 5 rings (SSSR count). The molecule has 10 heteroatoms. The summed E-state index contributed by atoms with van der Waals surface area (Å²) in [5, 5.41) is 8.73. The van der Waals surface area contributed by atoms with Gasteiger partial charge in [0.15, 0.2) is 0 Å². The minimum Gasteiger partial charge on any atom is -0.493 e. The first-order valence-corrected chi connectivity index (χ1v) is 13.0. The maximum Gasteiger partial charge on any atom is 0.274 e. The Bertz CT molecular complexity index is 1590.